The summed E-state index contributed by atoms with van der Waals surface area (Å²) in [7, 11) is 1.65. The lowest BCUT2D eigenvalue weighted by Gasteiger charge is -2.21. The number of ether oxygens (including phenoxy) is 1. The predicted molar refractivity (Wildman–Crippen MR) is 99.9 cm³/mol. The summed E-state index contributed by atoms with van der Waals surface area (Å²) >= 11 is 0. The molecule has 0 atom stereocenters. The van der Waals surface area contributed by atoms with Crippen LogP contribution >= 0.6 is 0 Å². The third-order valence-electron chi connectivity index (χ3n) is 4.09. The fourth-order valence-corrected chi connectivity index (χ4v) is 2.73. The first-order valence-corrected chi connectivity index (χ1v) is 8.44. The van der Waals surface area contributed by atoms with E-state index in [-0.39, 0.29) is 5.91 Å². The van der Waals surface area contributed by atoms with Crippen molar-refractivity contribution in [2.75, 3.05) is 30.4 Å². The van der Waals surface area contributed by atoms with E-state index in [1.54, 1.807) is 7.11 Å². The zero-order valence-electron chi connectivity index (χ0n) is 14.7. The van der Waals surface area contributed by atoms with Crippen molar-refractivity contribution in [2.45, 2.75) is 26.7 Å². The van der Waals surface area contributed by atoms with Gasteiger partial charge in [0.2, 0.25) is 5.91 Å². The monoisotopic (exact) mass is 326 g/mol. The topological polar surface area (TPSA) is 41.6 Å². The first-order chi connectivity index (χ1) is 11.7. The van der Waals surface area contributed by atoms with Gasteiger partial charge in [0, 0.05) is 30.9 Å². The minimum absolute atomic E-state index is 0.0106. The molecule has 24 heavy (non-hydrogen) atoms. The Labute approximate surface area is 144 Å². The van der Waals surface area contributed by atoms with Gasteiger partial charge in [0.15, 0.2) is 0 Å². The standard InChI is InChI=1S/C20H26N2O2/c1-4-22(5-2)18-13-11-17(12-14-18)21-20(23)15-10-16-8-6-7-9-19(16)24-3/h6-9,11-14H,4-5,10,15H2,1-3H3,(H,21,23). The van der Waals surface area contributed by atoms with E-state index in [9.17, 15) is 4.79 Å². The number of anilines is 2. The quantitative estimate of drug-likeness (QED) is 0.793. The van der Waals surface area contributed by atoms with Crippen molar-refractivity contribution in [1.82, 2.24) is 0 Å². The van der Waals surface area contributed by atoms with E-state index >= 15 is 0 Å². The van der Waals surface area contributed by atoms with Gasteiger partial charge >= 0.3 is 0 Å². The van der Waals surface area contributed by atoms with E-state index < -0.39 is 0 Å². The normalized spacial score (nSPS) is 10.3. The maximum absolute atomic E-state index is 12.2. The maximum atomic E-state index is 12.2. The van der Waals surface area contributed by atoms with Crippen molar-refractivity contribution in [1.29, 1.82) is 0 Å². The van der Waals surface area contributed by atoms with Crippen LogP contribution in [0.4, 0.5) is 11.4 Å². The van der Waals surface area contributed by atoms with Crippen LogP contribution in [0.25, 0.3) is 0 Å². The molecule has 0 aromatic heterocycles. The van der Waals surface area contributed by atoms with Crippen molar-refractivity contribution in [3.63, 3.8) is 0 Å². The number of aryl methyl sites for hydroxylation is 1. The number of amides is 1. The lowest BCUT2D eigenvalue weighted by Crippen LogP contribution is -2.21. The van der Waals surface area contributed by atoms with Gasteiger partial charge in [-0.1, -0.05) is 18.2 Å². The number of methoxy groups -OCH3 is 1. The second-order valence-corrected chi connectivity index (χ2v) is 5.58. The maximum Gasteiger partial charge on any atom is 0.224 e. The highest BCUT2D eigenvalue weighted by atomic mass is 16.5. The van der Waals surface area contributed by atoms with Crippen LogP contribution in [-0.2, 0) is 11.2 Å². The van der Waals surface area contributed by atoms with Gasteiger partial charge in [0.1, 0.15) is 5.75 Å². The molecule has 0 aliphatic carbocycles. The number of nitrogens with one attached hydrogen (secondary N) is 1. The van der Waals surface area contributed by atoms with E-state index in [2.05, 4.69) is 24.1 Å². The Hall–Kier alpha value is -2.49. The minimum atomic E-state index is 0.0106. The number of nitrogens with zero attached hydrogens (tertiary/aromatic N) is 1. The van der Waals surface area contributed by atoms with Crippen LogP contribution in [0, 0.1) is 0 Å². The molecule has 2 rings (SSSR count). The molecule has 0 bridgehead atoms. The van der Waals surface area contributed by atoms with Crippen molar-refractivity contribution < 1.29 is 9.53 Å². The van der Waals surface area contributed by atoms with Crippen LogP contribution in [-0.4, -0.2) is 26.1 Å². The molecule has 4 heteroatoms. The van der Waals surface area contributed by atoms with E-state index in [0.29, 0.717) is 12.8 Å². The summed E-state index contributed by atoms with van der Waals surface area (Å²) in [5.74, 6) is 0.838. The molecule has 0 radical (unpaired) electrons. The Morgan fingerprint density at radius 3 is 2.33 bits per heavy atom. The number of hydrogen-bond acceptors (Lipinski definition) is 3. The molecule has 2 aromatic carbocycles. The van der Waals surface area contributed by atoms with Gasteiger partial charge in [-0.25, -0.2) is 0 Å². The molecule has 0 saturated carbocycles. The van der Waals surface area contributed by atoms with E-state index in [4.69, 9.17) is 4.74 Å². The average Bonchev–Trinajstić information content (AvgIpc) is 2.62. The van der Waals surface area contributed by atoms with Crippen LogP contribution in [0.2, 0.25) is 0 Å². The molecule has 0 spiro atoms. The fourth-order valence-electron chi connectivity index (χ4n) is 2.73. The van der Waals surface area contributed by atoms with Crippen LogP contribution in [0.5, 0.6) is 5.75 Å². The van der Waals surface area contributed by atoms with Gasteiger partial charge in [0.05, 0.1) is 7.11 Å². The highest BCUT2D eigenvalue weighted by molar-refractivity contribution is 5.91. The number of carbonyl (C=O) groups is 1. The van der Waals surface area contributed by atoms with Gasteiger partial charge in [-0.15, -0.1) is 0 Å². The summed E-state index contributed by atoms with van der Waals surface area (Å²) in [6.07, 6.45) is 1.09. The van der Waals surface area contributed by atoms with Crippen molar-refractivity contribution in [3.05, 3.63) is 54.1 Å². The smallest absolute Gasteiger partial charge is 0.224 e. The molecule has 0 saturated heterocycles. The molecular weight excluding hydrogens is 300 g/mol. The Morgan fingerprint density at radius 1 is 1.04 bits per heavy atom. The Balaban J connectivity index is 1.90. The highest BCUT2D eigenvalue weighted by Crippen LogP contribution is 2.20. The van der Waals surface area contributed by atoms with Gasteiger partial charge in [-0.05, 0) is 56.2 Å². The summed E-state index contributed by atoms with van der Waals surface area (Å²) < 4.78 is 5.32. The molecule has 0 fully saturated rings. The highest BCUT2D eigenvalue weighted by Gasteiger charge is 2.07. The molecule has 0 heterocycles. The molecule has 4 nitrogen and oxygen atoms in total. The summed E-state index contributed by atoms with van der Waals surface area (Å²) in [4.78, 5) is 14.4. The molecule has 2 aromatic rings. The average molecular weight is 326 g/mol. The van der Waals surface area contributed by atoms with Gasteiger partial charge < -0.3 is 15.0 Å². The van der Waals surface area contributed by atoms with Crippen LogP contribution in [0.1, 0.15) is 25.8 Å². The third-order valence-corrected chi connectivity index (χ3v) is 4.09. The molecule has 128 valence electrons. The molecule has 0 unspecified atom stereocenters. The number of para-hydroxylation sites is 1. The Bertz CT molecular complexity index is 649. The summed E-state index contributed by atoms with van der Waals surface area (Å²) in [6, 6.07) is 15.8. The van der Waals surface area contributed by atoms with Crippen LogP contribution in [0.3, 0.4) is 0 Å². The number of rotatable bonds is 8. The van der Waals surface area contributed by atoms with Gasteiger partial charge in [0.25, 0.3) is 0 Å². The number of carbonyl (C=O) groups excluding carboxylic acids is 1. The van der Waals surface area contributed by atoms with Gasteiger partial charge in [-0.2, -0.15) is 0 Å². The Morgan fingerprint density at radius 2 is 1.71 bits per heavy atom. The number of hydrogen-bond donors (Lipinski definition) is 1. The molecule has 1 N–H and O–H groups in total. The zero-order valence-corrected chi connectivity index (χ0v) is 14.7. The van der Waals surface area contributed by atoms with E-state index in [1.807, 2.05) is 48.5 Å². The van der Waals surface area contributed by atoms with E-state index in [0.717, 1.165) is 30.1 Å². The fraction of sp³-hybridized carbons (Fsp3) is 0.350. The third kappa shape index (κ3) is 4.75. The summed E-state index contributed by atoms with van der Waals surface area (Å²) in [6.45, 7) is 6.22. The van der Waals surface area contributed by atoms with Crippen molar-refractivity contribution in [3.8, 4) is 5.75 Å². The molecule has 0 aliphatic heterocycles. The van der Waals surface area contributed by atoms with Crippen LogP contribution in [0.15, 0.2) is 48.5 Å². The second kappa shape index (κ2) is 8.96. The van der Waals surface area contributed by atoms with Crippen LogP contribution < -0.4 is 15.0 Å². The lowest BCUT2D eigenvalue weighted by molar-refractivity contribution is -0.116. The zero-order chi connectivity index (χ0) is 17.4. The van der Waals surface area contributed by atoms with E-state index in [1.165, 1.54) is 5.69 Å². The lowest BCUT2D eigenvalue weighted by atomic mass is 10.1. The molecule has 1 amide bonds. The minimum Gasteiger partial charge on any atom is -0.496 e. The molecular formula is C20H26N2O2. The SMILES string of the molecule is CCN(CC)c1ccc(NC(=O)CCc2ccccc2OC)cc1. The van der Waals surface area contributed by atoms with Gasteiger partial charge in [-0.3, -0.25) is 4.79 Å². The van der Waals surface area contributed by atoms with Crippen molar-refractivity contribution >= 4 is 17.3 Å². The summed E-state index contributed by atoms with van der Waals surface area (Å²) in [5.41, 5.74) is 3.05. The first kappa shape index (κ1) is 17.9. The second-order valence-electron chi connectivity index (χ2n) is 5.58. The first-order valence-electron chi connectivity index (χ1n) is 8.44. The molecule has 0 aliphatic rings. The largest absolute Gasteiger partial charge is 0.496 e. The predicted octanol–water partition coefficient (Wildman–Crippen LogP) is 4.11. The number of benzene rings is 2. The Kier molecular flexibility index (Phi) is 6.67. The summed E-state index contributed by atoms with van der Waals surface area (Å²) in [5, 5.41) is 2.95. The van der Waals surface area contributed by atoms with Crippen molar-refractivity contribution in [2.24, 2.45) is 0 Å².